The molecule has 0 saturated heterocycles. The van der Waals surface area contributed by atoms with Crippen LogP contribution in [0.4, 0.5) is 0 Å². The van der Waals surface area contributed by atoms with E-state index in [-0.39, 0.29) is 0 Å². The molecule has 0 saturated carbocycles. The third-order valence-electron chi connectivity index (χ3n) is 1.24. The summed E-state index contributed by atoms with van der Waals surface area (Å²) in [6.07, 6.45) is 7.05. The highest BCUT2D eigenvalue weighted by atomic mass is 14.2. The van der Waals surface area contributed by atoms with Crippen molar-refractivity contribution in [3.8, 4) is 6.07 Å². The fraction of sp³-hybridized carbons (Fsp3) is 0.444. The molecular weight excluding hydrogens is 122 g/mol. The molecule has 0 fully saturated rings. The first kappa shape index (κ1) is 8.97. The molecule has 0 aromatic carbocycles. The van der Waals surface area contributed by atoms with Gasteiger partial charge in [-0.2, -0.15) is 5.26 Å². The molecule has 0 aliphatic carbocycles. The molecule has 54 valence electrons. The van der Waals surface area contributed by atoms with Gasteiger partial charge in [0, 0.05) is 5.57 Å². The molecule has 10 heavy (non-hydrogen) atoms. The van der Waals surface area contributed by atoms with Gasteiger partial charge in [-0.15, -0.1) is 0 Å². The second kappa shape index (κ2) is 6.10. The Hall–Kier alpha value is -1.03. The first-order valence-electron chi connectivity index (χ1n) is 3.50. The molecule has 0 bridgehead atoms. The van der Waals surface area contributed by atoms with E-state index >= 15 is 0 Å². The van der Waals surface area contributed by atoms with Gasteiger partial charge in [-0.25, -0.2) is 0 Å². The third-order valence-corrected chi connectivity index (χ3v) is 1.24. The van der Waals surface area contributed by atoms with E-state index in [1.54, 1.807) is 0 Å². The first-order chi connectivity index (χ1) is 4.81. The van der Waals surface area contributed by atoms with Gasteiger partial charge in [-0.1, -0.05) is 18.7 Å². The smallest absolute Gasteiger partial charge is 0.0940 e. The molecule has 1 heteroatoms. The maximum absolute atomic E-state index is 8.32. The number of allylic oxidation sites excluding steroid dienone is 3. The minimum absolute atomic E-state index is 0.685. The van der Waals surface area contributed by atoms with Gasteiger partial charge in [-0.05, 0) is 26.2 Å². The van der Waals surface area contributed by atoms with Gasteiger partial charge in [0.1, 0.15) is 0 Å². The van der Waals surface area contributed by atoms with Gasteiger partial charge in [0.25, 0.3) is 0 Å². The maximum atomic E-state index is 8.32. The highest BCUT2D eigenvalue weighted by Crippen LogP contribution is 2.03. The Labute approximate surface area is 62.7 Å². The number of nitrogens with zero attached hydrogens (tertiary/aromatic N) is 1. The van der Waals surface area contributed by atoms with Gasteiger partial charge in [0.15, 0.2) is 0 Å². The molecule has 0 aliphatic heterocycles. The Balaban J connectivity index is 3.22. The zero-order valence-electron chi connectivity index (χ0n) is 6.43. The van der Waals surface area contributed by atoms with Crippen LogP contribution in [0, 0.1) is 11.3 Å². The zero-order valence-corrected chi connectivity index (χ0v) is 6.43. The summed E-state index contributed by atoms with van der Waals surface area (Å²) >= 11 is 0. The van der Waals surface area contributed by atoms with E-state index in [4.69, 9.17) is 5.26 Å². The van der Waals surface area contributed by atoms with Crippen LogP contribution in [0.15, 0.2) is 24.3 Å². The number of unbranched alkanes of at least 4 members (excludes halogenated alkanes) is 1. The van der Waals surface area contributed by atoms with Gasteiger partial charge >= 0.3 is 0 Å². The van der Waals surface area contributed by atoms with E-state index in [0.717, 1.165) is 19.3 Å². The molecule has 0 radical (unpaired) electrons. The average molecular weight is 135 g/mol. The SMILES string of the molecule is C=C(C#N)CCC/C=C\C. The van der Waals surface area contributed by atoms with Crippen LogP contribution in [-0.2, 0) is 0 Å². The molecule has 0 spiro atoms. The molecule has 0 rings (SSSR count). The van der Waals surface area contributed by atoms with Crippen LogP contribution in [-0.4, -0.2) is 0 Å². The number of hydrogen-bond acceptors (Lipinski definition) is 1. The molecule has 0 N–H and O–H groups in total. The third kappa shape index (κ3) is 5.11. The van der Waals surface area contributed by atoms with Gasteiger partial charge in [0.05, 0.1) is 6.07 Å². The Morgan fingerprint density at radius 1 is 1.70 bits per heavy atom. The lowest BCUT2D eigenvalue weighted by Gasteiger charge is -1.91. The first-order valence-corrected chi connectivity index (χ1v) is 3.50. The number of hydrogen-bond donors (Lipinski definition) is 0. The minimum atomic E-state index is 0.685. The van der Waals surface area contributed by atoms with Crippen LogP contribution in [0.3, 0.4) is 0 Å². The monoisotopic (exact) mass is 135 g/mol. The van der Waals surface area contributed by atoms with Crippen molar-refractivity contribution < 1.29 is 0 Å². The van der Waals surface area contributed by atoms with Crippen molar-refractivity contribution in [3.63, 3.8) is 0 Å². The van der Waals surface area contributed by atoms with E-state index in [1.807, 2.05) is 19.1 Å². The van der Waals surface area contributed by atoms with Crippen LogP contribution >= 0.6 is 0 Å². The highest BCUT2D eigenvalue weighted by molar-refractivity contribution is 5.15. The normalized spacial score (nSPS) is 9.60. The Kier molecular flexibility index (Phi) is 5.47. The molecule has 0 unspecified atom stereocenters. The molecule has 1 nitrogen and oxygen atoms in total. The molecule has 0 amide bonds. The molecular formula is C9H13N. The summed E-state index contributed by atoms with van der Waals surface area (Å²) in [6, 6.07) is 2.02. The van der Waals surface area contributed by atoms with Crippen molar-refractivity contribution in [3.05, 3.63) is 24.3 Å². The van der Waals surface area contributed by atoms with E-state index in [9.17, 15) is 0 Å². The second-order valence-corrected chi connectivity index (χ2v) is 2.18. The van der Waals surface area contributed by atoms with Crippen molar-refractivity contribution >= 4 is 0 Å². The standard InChI is InChI=1S/C9H13N/c1-3-4-5-6-7-9(2)8-10/h3-4H,2,5-7H2,1H3/b4-3-. The van der Waals surface area contributed by atoms with E-state index in [2.05, 4.69) is 12.7 Å². The predicted molar refractivity (Wildman–Crippen MR) is 43.4 cm³/mol. The molecule has 0 aromatic rings. The van der Waals surface area contributed by atoms with Gasteiger partial charge in [-0.3, -0.25) is 0 Å². The number of rotatable bonds is 4. The lowest BCUT2D eigenvalue weighted by atomic mass is 10.1. The maximum Gasteiger partial charge on any atom is 0.0940 e. The van der Waals surface area contributed by atoms with Gasteiger partial charge in [0.2, 0.25) is 0 Å². The second-order valence-electron chi connectivity index (χ2n) is 2.18. The Morgan fingerprint density at radius 3 is 2.90 bits per heavy atom. The van der Waals surface area contributed by atoms with Crippen LogP contribution < -0.4 is 0 Å². The summed E-state index contributed by atoms with van der Waals surface area (Å²) in [5.41, 5.74) is 0.685. The van der Waals surface area contributed by atoms with Crippen LogP contribution in [0.5, 0.6) is 0 Å². The quantitative estimate of drug-likeness (QED) is 0.330. The molecule has 0 heterocycles. The predicted octanol–water partition coefficient (Wildman–Crippen LogP) is 2.81. The fourth-order valence-corrected chi connectivity index (χ4v) is 0.656. The fourth-order valence-electron chi connectivity index (χ4n) is 0.656. The van der Waals surface area contributed by atoms with E-state index in [0.29, 0.717) is 5.57 Å². The summed E-state index contributed by atoms with van der Waals surface area (Å²) in [7, 11) is 0. The van der Waals surface area contributed by atoms with Crippen molar-refractivity contribution in [2.45, 2.75) is 26.2 Å². The summed E-state index contributed by atoms with van der Waals surface area (Å²) in [4.78, 5) is 0. The molecule has 0 atom stereocenters. The zero-order chi connectivity index (χ0) is 7.82. The minimum Gasteiger partial charge on any atom is -0.193 e. The Morgan fingerprint density at radius 2 is 2.40 bits per heavy atom. The summed E-state index contributed by atoms with van der Waals surface area (Å²) in [5.74, 6) is 0. The summed E-state index contributed by atoms with van der Waals surface area (Å²) in [5, 5.41) is 8.32. The van der Waals surface area contributed by atoms with Crippen LogP contribution in [0.25, 0.3) is 0 Å². The van der Waals surface area contributed by atoms with Crippen molar-refractivity contribution in [1.29, 1.82) is 5.26 Å². The van der Waals surface area contributed by atoms with Gasteiger partial charge < -0.3 is 0 Å². The largest absolute Gasteiger partial charge is 0.193 e. The topological polar surface area (TPSA) is 23.8 Å². The highest BCUT2D eigenvalue weighted by Gasteiger charge is 1.88. The lowest BCUT2D eigenvalue weighted by Crippen LogP contribution is -1.75. The summed E-state index contributed by atoms with van der Waals surface area (Å²) < 4.78 is 0. The van der Waals surface area contributed by atoms with Crippen molar-refractivity contribution in [2.24, 2.45) is 0 Å². The lowest BCUT2D eigenvalue weighted by molar-refractivity contribution is 0.849. The number of nitriles is 1. The summed E-state index contributed by atoms with van der Waals surface area (Å²) in [6.45, 7) is 5.58. The molecule has 0 aliphatic rings. The van der Waals surface area contributed by atoms with E-state index in [1.165, 1.54) is 0 Å². The van der Waals surface area contributed by atoms with Crippen molar-refractivity contribution in [1.82, 2.24) is 0 Å². The Bertz CT molecular complexity index is 160. The van der Waals surface area contributed by atoms with Crippen LogP contribution in [0.1, 0.15) is 26.2 Å². The van der Waals surface area contributed by atoms with E-state index < -0.39 is 0 Å². The van der Waals surface area contributed by atoms with Crippen LogP contribution in [0.2, 0.25) is 0 Å². The molecule has 0 aromatic heterocycles. The van der Waals surface area contributed by atoms with Crippen molar-refractivity contribution in [2.75, 3.05) is 0 Å². The average Bonchev–Trinajstić information content (AvgIpc) is 1.98.